The van der Waals surface area contributed by atoms with Crippen LogP contribution in [0.5, 0.6) is 0 Å². The number of halogens is 3. The van der Waals surface area contributed by atoms with Gasteiger partial charge in [0.15, 0.2) is 11.7 Å². The molecule has 0 aliphatic heterocycles. The van der Waals surface area contributed by atoms with Crippen LogP contribution in [-0.2, 0) is 19.1 Å². The molecule has 3 rings (SSSR count). The summed E-state index contributed by atoms with van der Waals surface area (Å²) in [6, 6.07) is 7.98. The van der Waals surface area contributed by atoms with E-state index < -0.39 is 11.9 Å². The molecule has 1 aromatic carbocycles. The maximum Gasteiger partial charge on any atom is 0.434 e. The smallest absolute Gasteiger partial charge is 0.357 e. The number of alkyl halides is 3. The van der Waals surface area contributed by atoms with Gasteiger partial charge in [0.25, 0.3) is 0 Å². The van der Waals surface area contributed by atoms with Crippen molar-refractivity contribution < 1.29 is 13.2 Å². The van der Waals surface area contributed by atoms with Gasteiger partial charge in [-0.05, 0) is 26.0 Å². The number of nitrogens with one attached hydrogen (secondary N) is 2. The zero-order chi connectivity index (χ0) is 20.9. The third-order valence-electron chi connectivity index (χ3n) is 4.26. The quantitative estimate of drug-likeness (QED) is 0.449. The first kappa shape index (κ1) is 21.1. The van der Waals surface area contributed by atoms with Gasteiger partial charge in [0.2, 0.25) is 0 Å². The Balaban J connectivity index is 1.55. The summed E-state index contributed by atoms with van der Waals surface area (Å²) in [7, 11) is 0. The molecule has 0 spiro atoms. The summed E-state index contributed by atoms with van der Waals surface area (Å²) in [5.41, 5.74) is 1.21. The summed E-state index contributed by atoms with van der Waals surface area (Å²) in [5.74, 6) is 1.57. The Morgan fingerprint density at radius 1 is 1.21 bits per heavy atom. The maximum atomic E-state index is 12.6. The van der Waals surface area contributed by atoms with Gasteiger partial charge in [-0.15, -0.1) is 11.3 Å². The molecule has 0 aliphatic rings. The highest BCUT2D eigenvalue weighted by molar-refractivity contribution is 7.09. The second-order valence-electron chi connectivity index (χ2n) is 6.36. The fraction of sp³-hybridized carbons (Fsp3) is 0.421. The molecule has 0 saturated carbocycles. The van der Waals surface area contributed by atoms with Gasteiger partial charge in [0, 0.05) is 38.0 Å². The van der Waals surface area contributed by atoms with Crippen LogP contribution >= 0.6 is 11.3 Å². The molecule has 0 atom stereocenters. The van der Waals surface area contributed by atoms with Crippen molar-refractivity contribution in [1.82, 2.24) is 25.2 Å². The second-order valence-corrected chi connectivity index (χ2v) is 7.30. The normalized spacial score (nSPS) is 12.5. The lowest BCUT2D eigenvalue weighted by Gasteiger charge is -2.12. The molecule has 0 radical (unpaired) electrons. The molecule has 29 heavy (non-hydrogen) atoms. The molecule has 0 amide bonds. The minimum atomic E-state index is -4.40. The average Bonchev–Trinajstić information content (AvgIpc) is 3.26. The molecule has 2 N–H and O–H groups in total. The molecule has 3 aromatic rings. The van der Waals surface area contributed by atoms with Crippen LogP contribution in [0.4, 0.5) is 13.2 Å². The first-order chi connectivity index (χ1) is 13.9. The number of rotatable bonds is 7. The van der Waals surface area contributed by atoms with Crippen LogP contribution in [0.2, 0.25) is 0 Å². The number of benzene rings is 1. The van der Waals surface area contributed by atoms with Crippen LogP contribution in [-0.4, -0.2) is 40.1 Å². The molecule has 0 bridgehead atoms. The van der Waals surface area contributed by atoms with Crippen molar-refractivity contribution in [2.45, 2.75) is 33.0 Å². The molecule has 0 unspecified atom stereocenters. The van der Waals surface area contributed by atoms with E-state index in [0.29, 0.717) is 37.0 Å². The number of aromatic nitrogens is 3. The van der Waals surface area contributed by atoms with Crippen molar-refractivity contribution in [2.75, 3.05) is 19.6 Å². The van der Waals surface area contributed by atoms with Crippen molar-refractivity contribution in [3.05, 3.63) is 46.2 Å². The van der Waals surface area contributed by atoms with Crippen LogP contribution in [0.1, 0.15) is 23.4 Å². The standard InChI is InChI=1S/C19H23F3N6S/c1-3-23-18(24-9-8-17-27-16(12-29-17)19(20,21)22)25-10-11-28-13(2)26-14-6-4-5-7-15(14)28/h4-7,12H,3,8-11H2,1-2H3,(H2,23,24,25). The number of nitrogens with zero attached hydrogens (tertiary/aromatic N) is 4. The first-order valence-corrected chi connectivity index (χ1v) is 10.2. The first-order valence-electron chi connectivity index (χ1n) is 9.34. The number of imidazole rings is 1. The van der Waals surface area contributed by atoms with Gasteiger partial charge in [-0.3, -0.25) is 4.99 Å². The van der Waals surface area contributed by atoms with E-state index in [0.717, 1.165) is 40.1 Å². The van der Waals surface area contributed by atoms with Gasteiger partial charge in [0.1, 0.15) is 5.82 Å². The molecule has 156 valence electrons. The zero-order valence-corrected chi connectivity index (χ0v) is 17.1. The Morgan fingerprint density at radius 2 is 2.00 bits per heavy atom. The topological polar surface area (TPSA) is 67.1 Å². The van der Waals surface area contributed by atoms with E-state index in [2.05, 4.69) is 30.2 Å². The van der Waals surface area contributed by atoms with E-state index in [4.69, 9.17) is 0 Å². The van der Waals surface area contributed by atoms with Crippen molar-refractivity contribution in [3.8, 4) is 0 Å². The van der Waals surface area contributed by atoms with E-state index in [9.17, 15) is 13.2 Å². The molecule has 10 heteroatoms. The fourth-order valence-corrected chi connectivity index (χ4v) is 3.72. The molecule has 6 nitrogen and oxygen atoms in total. The zero-order valence-electron chi connectivity index (χ0n) is 16.3. The minimum Gasteiger partial charge on any atom is -0.357 e. The Bertz CT molecular complexity index is 976. The number of para-hydroxylation sites is 2. The fourth-order valence-electron chi connectivity index (χ4n) is 2.93. The van der Waals surface area contributed by atoms with E-state index in [1.165, 1.54) is 0 Å². The number of hydrogen-bond donors (Lipinski definition) is 2. The van der Waals surface area contributed by atoms with Crippen molar-refractivity contribution in [2.24, 2.45) is 4.99 Å². The highest BCUT2D eigenvalue weighted by atomic mass is 32.1. The largest absolute Gasteiger partial charge is 0.434 e. The number of fused-ring (bicyclic) bond motifs is 1. The van der Waals surface area contributed by atoms with Crippen LogP contribution in [0.3, 0.4) is 0 Å². The third kappa shape index (κ3) is 5.47. The summed E-state index contributed by atoms with van der Waals surface area (Å²) < 4.78 is 40.0. The molecular weight excluding hydrogens is 401 g/mol. The summed E-state index contributed by atoms with van der Waals surface area (Å²) in [4.78, 5) is 12.6. The monoisotopic (exact) mass is 424 g/mol. The average molecular weight is 424 g/mol. The van der Waals surface area contributed by atoms with Gasteiger partial charge in [-0.1, -0.05) is 12.1 Å². The van der Waals surface area contributed by atoms with Gasteiger partial charge in [0.05, 0.1) is 16.0 Å². The Morgan fingerprint density at radius 3 is 2.72 bits per heavy atom. The molecular formula is C19H23F3N6S. The van der Waals surface area contributed by atoms with Gasteiger partial charge >= 0.3 is 6.18 Å². The SMILES string of the molecule is CCNC(=NCCc1nc(C(F)(F)F)cs1)NCCn1c(C)nc2ccccc21. The molecule has 2 aromatic heterocycles. The van der Waals surface area contributed by atoms with Crippen LogP contribution in [0, 0.1) is 6.92 Å². The summed E-state index contributed by atoms with van der Waals surface area (Å²) in [5, 5.41) is 7.88. The number of guanidine groups is 1. The lowest BCUT2D eigenvalue weighted by molar-refractivity contribution is -0.140. The van der Waals surface area contributed by atoms with Crippen molar-refractivity contribution >= 4 is 28.3 Å². The van der Waals surface area contributed by atoms with E-state index in [1.54, 1.807) is 0 Å². The predicted molar refractivity (Wildman–Crippen MR) is 109 cm³/mol. The number of aryl methyl sites for hydroxylation is 1. The summed E-state index contributed by atoms with van der Waals surface area (Å²) in [6.07, 6.45) is -4.04. The second kappa shape index (κ2) is 9.25. The van der Waals surface area contributed by atoms with E-state index >= 15 is 0 Å². The number of thiazole rings is 1. The van der Waals surface area contributed by atoms with Crippen LogP contribution < -0.4 is 10.6 Å². The Labute approximate surface area is 170 Å². The summed E-state index contributed by atoms with van der Waals surface area (Å²) in [6.45, 7) is 6.34. The lowest BCUT2D eigenvalue weighted by Crippen LogP contribution is -2.39. The molecule has 2 heterocycles. The van der Waals surface area contributed by atoms with Gasteiger partial charge in [-0.25, -0.2) is 9.97 Å². The number of aliphatic imine (C=N–C) groups is 1. The van der Waals surface area contributed by atoms with Crippen LogP contribution in [0.15, 0.2) is 34.6 Å². The van der Waals surface area contributed by atoms with Crippen molar-refractivity contribution in [3.63, 3.8) is 0 Å². The lowest BCUT2D eigenvalue weighted by atomic mass is 10.3. The van der Waals surface area contributed by atoms with Gasteiger partial charge in [-0.2, -0.15) is 13.2 Å². The van der Waals surface area contributed by atoms with Crippen LogP contribution in [0.25, 0.3) is 11.0 Å². The highest BCUT2D eigenvalue weighted by Crippen LogP contribution is 2.30. The maximum absolute atomic E-state index is 12.6. The highest BCUT2D eigenvalue weighted by Gasteiger charge is 2.33. The van der Waals surface area contributed by atoms with Gasteiger partial charge < -0.3 is 15.2 Å². The molecule has 0 saturated heterocycles. The Kier molecular flexibility index (Phi) is 6.73. The third-order valence-corrected chi connectivity index (χ3v) is 5.16. The predicted octanol–water partition coefficient (Wildman–Crippen LogP) is 3.62. The number of hydrogen-bond acceptors (Lipinski definition) is 4. The molecule has 0 aliphatic carbocycles. The molecule has 0 fully saturated rings. The Hall–Kier alpha value is -2.62. The summed E-state index contributed by atoms with van der Waals surface area (Å²) >= 11 is 1.01. The van der Waals surface area contributed by atoms with E-state index in [-0.39, 0.29) is 0 Å². The minimum absolute atomic E-state index is 0.354. The van der Waals surface area contributed by atoms with Crippen molar-refractivity contribution in [1.29, 1.82) is 0 Å². The van der Waals surface area contributed by atoms with E-state index in [1.807, 2.05) is 38.1 Å².